The van der Waals surface area contributed by atoms with Crippen molar-refractivity contribution >= 4 is 28.3 Å². The molecule has 0 radical (unpaired) electrons. The molecule has 0 saturated carbocycles. The van der Waals surface area contributed by atoms with E-state index < -0.39 is 11.5 Å². The van der Waals surface area contributed by atoms with Crippen LogP contribution < -0.4 is 16.7 Å². The number of ketones is 1. The Labute approximate surface area is 173 Å². The van der Waals surface area contributed by atoms with E-state index in [1.165, 1.54) is 0 Å². The highest BCUT2D eigenvalue weighted by molar-refractivity contribution is 6.06. The highest BCUT2D eigenvalue weighted by Gasteiger charge is 2.22. The lowest BCUT2D eigenvalue weighted by Crippen LogP contribution is -2.34. The molecule has 0 fully saturated rings. The Bertz CT molecular complexity index is 1190. The van der Waals surface area contributed by atoms with E-state index in [0.29, 0.717) is 22.9 Å². The number of hydrogen-bond donors (Lipinski definition) is 3. The van der Waals surface area contributed by atoms with Crippen molar-refractivity contribution in [2.45, 2.75) is 27.2 Å². The molecule has 0 spiro atoms. The van der Waals surface area contributed by atoms with Gasteiger partial charge in [0.25, 0.3) is 5.91 Å². The number of nitrogens with one attached hydrogen (secondary N) is 1. The van der Waals surface area contributed by atoms with E-state index in [9.17, 15) is 19.5 Å². The third-order valence-corrected chi connectivity index (χ3v) is 4.56. The van der Waals surface area contributed by atoms with E-state index in [1.807, 2.05) is 20.8 Å². The maximum atomic E-state index is 12.5. The summed E-state index contributed by atoms with van der Waals surface area (Å²) in [4.78, 5) is 36.9. The molecule has 2 aromatic carbocycles. The first-order valence-corrected chi connectivity index (χ1v) is 9.51. The molecule has 0 aliphatic heterocycles. The van der Waals surface area contributed by atoms with Crippen molar-refractivity contribution in [3.63, 3.8) is 0 Å². The van der Waals surface area contributed by atoms with Crippen LogP contribution in [0, 0.1) is 5.41 Å². The molecule has 3 aromatic rings. The second-order valence-electron chi connectivity index (χ2n) is 8.37. The number of fused-ring (bicyclic) bond motifs is 1. The van der Waals surface area contributed by atoms with Crippen LogP contribution in [0.1, 0.15) is 37.6 Å². The number of carbonyl (C=O) groups excluding carboxylic acids is 2. The summed E-state index contributed by atoms with van der Waals surface area (Å²) in [6.45, 7) is 5.57. The molecule has 7 nitrogen and oxygen atoms in total. The van der Waals surface area contributed by atoms with Crippen molar-refractivity contribution < 1.29 is 19.1 Å². The molecule has 0 aliphatic carbocycles. The summed E-state index contributed by atoms with van der Waals surface area (Å²) in [5.74, 6) is -0.815. The maximum Gasteiger partial charge on any atom is 0.351 e. The maximum absolute atomic E-state index is 12.5. The molecule has 0 unspecified atom stereocenters. The van der Waals surface area contributed by atoms with E-state index in [1.54, 1.807) is 42.5 Å². The van der Waals surface area contributed by atoms with Crippen molar-refractivity contribution in [1.82, 2.24) is 5.32 Å². The number of phenols is 1. The topological polar surface area (TPSA) is 123 Å². The van der Waals surface area contributed by atoms with Crippen LogP contribution in [-0.4, -0.2) is 23.3 Å². The zero-order valence-corrected chi connectivity index (χ0v) is 17.1. The molecule has 1 amide bonds. The van der Waals surface area contributed by atoms with Gasteiger partial charge in [-0.25, -0.2) is 4.79 Å². The minimum Gasteiger partial charge on any atom is -0.507 e. The monoisotopic (exact) mass is 408 g/mol. The number of benzene rings is 2. The predicted molar refractivity (Wildman–Crippen MR) is 115 cm³/mol. The average Bonchev–Trinajstić information content (AvgIpc) is 2.65. The minimum absolute atomic E-state index is 0.0224. The Morgan fingerprint density at radius 3 is 2.50 bits per heavy atom. The van der Waals surface area contributed by atoms with Gasteiger partial charge in [-0.1, -0.05) is 45.0 Å². The van der Waals surface area contributed by atoms with Crippen LogP contribution in [0.4, 0.5) is 5.69 Å². The molecule has 4 N–H and O–H groups in total. The molecule has 156 valence electrons. The second-order valence-corrected chi connectivity index (χ2v) is 8.37. The Kier molecular flexibility index (Phi) is 5.64. The van der Waals surface area contributed by atoms with Crippen molar-refractivity contribution in [1.29, 1.82) is 0 Å². The zero-order valence-electron chi connectivity index (χ0n) is 17.1. The van der Waals surface area contributed by atoms with Gasteiger partial charge in [-0.2, -0.15) is 0 Å². The summed E-state index contributed by atoms with van der Waals surface area (Å²) in [6.07, 6.45) is 0.296. The van der Waals surface area contributed by atoms with Crippen LogP contribution in [0.5, 0.6) is 5.75 Å². The molecule has 7 heteroatoms. The van der Waals surface area contributed by atoms with Crippen LogP contribution in [0.15, 0.2) is 51.7 Å². The molecular formula is C23H24N2O5. The fourth-order valence-corrected chi connectivity index (χ4v) is 3.25. The van der Waals surface area contributed by atoms with E-state index >= 15 is 0 Å². The number of nitrogen functional groups attached to an aromatic ring is 1. The highest BCUT2D eigenvalue weighted by Crippen LogP contribution is 2.32. The van der Waals surface area contributed by atoms with E-state index in [2.05, 4.69) is 5.32 Å². The van der Waals surface area contributed by atoms with Crippen LogP contribution in [-0.2, 0) is 4.79 Å². The molecule has 0 atom stereocenters. The summed E-state index contributed by atoms with van der Waals surface area (Å²) in [5.41, 5.74) is 6.04. The largest absolute Gasteiger partial charge is 0.507 e. The van der Waals surface area contributed by atoms with E-state index in [0.717, 1.165) is 0 Å². The van der Waals surface area contributed by atoms with Gasteiger partial charge in [0, 0.05) is 17.4 Å². The van der Waals surface area contributed by atoms with Gasteiger partial charge < -0.3 is 20.6 Å². The van der Waals surface area contributed by atoms with E-state index in [-0.39, 0.29) is 40.3 Å². The van der Waals surface area contributed by atoms with Gasteiger partial charge in [0.05, 0.1) is 12.2 Å². The van der Waals surface area contributed by atoms with Gasteiger partial charge in [-0.15, -0.1) is 0 Å². The standard InChI is InChI=1S/C23H24N2O5/c1-23(2,3)11-14(26)12-25-21(28)19-20(24)16-9-8-13(10-18(16)30-22(19)29)15-6-4-5-7-17(15)27/h4-10,27H,11-12,24H2,1-3H3,(H,25,28). The van der Waals surface area contributed by atoms with Gasteiger partial charge in [0.1, 0.15) is 16.9 Å². The van der Waals surface area contributed by atoms with Gasteiger partial charge >= 0.3 is 5.63 Å². The van der Waals surface area contributed by atoms with E-state index in [4.69, 9.17) is 10.2 Å². The summed E-state index contributed by atoms with van der Waals surface area (Å²) in [6, 6.07) is 11.7. The number of aromatic hydroxyl groups is 1. The lowest BCUT2D eigenvalue weighted by Gasteiger charge is -2.17. The summed E-state index contributed by atoms with van der Waals surface area (Å²) in [7, 11) is 0. The third-order valence-electron chi connectivity index (χ3n) is 4.56. The second kappa shape index (κ2) is 8.02. The predicted octanol–water partition coefficient (Wildman–Crippen LogP) is 3.48. The van der Waals surface area contributed by atoms with Crippen molar-refractivity contribution in [2.75, 3.05) is 12.3 Å². The first-order chi connectivity index (χ1) is 14.1. The van der Waals surface area contributed by atoms with Crippen LogP contribution in [0.25, 0.3) is 22.1 Å². The number of para-hydroxylation sites is 1. The number of nitrogens with two attached hydrogens (primary N) is 1. The minimum atomic E-state index is -0.893. The molecule has 3 rings (SSSR count). The van der Waals surface area contributed by atoms with Crippen molar-refractivity contribution in [3.05, 3.63) is 58.4 Å². The fourth-order valence-electron chi connectivity index (χ4n) is 3.25. The average molecular weight is 408 g/mol. The van der Waals surface area contributed by atoms with Crippen molar-refractivity contribution in [3.8, 4) is 16.9 Å². The van der Waals surface area contributed by atoms with Crippen molar-refractivity contribution in [2.24, 2.45) is 5.41 Å². The Hall–Kier alpha value is -3.61. The van der Waals surface area contributed by atoms with Crippen LogP contribution in [0.2, 0.25) is 0 Å². The first-order valence-electron chi connectivity index (χ1n) is 9.51. The number of Topliss-reactive ketones (excluding diaryl/α,β-unsaturated/α-hetero) is 1. The lowest BCUT2D eigenvalue weighted by atomic mass is 9.90. The molecular weight excluding hydrogens is 384 g/mol. The number of carbonyl (C=O) groups is 2. The van der Waals surface area contributed by atoms with Crippen LogP contribution >= 0.6 is 0 Å². The third kappa shape index (κ3) is 4.51. The highest BCUT2D eigenvalue weighted by atomic mass is 16.4. The van der Waals surface area contributed by atoms with Gasteiger partial charge in [0.15, 0.2) is 5.78 Å². The smallest absolute Gasteiger partial charge is 0.351 e. The summed E-state index contributed by atoms with van der Waals surface area (Å²) in [5, 5.41) is 12.9. The SMILES string of the molecule is CC(C)(C)CC(=O)CNC(=O)c1c(N)c2ccc(-c3ccccc3O)cc2oc1=O. The van der Waals surface area contributed by atoms with Gasteiger partial charge in [-0.05, 0) is 29.2 Å². The molecule has 0 bridgehead atoms. The normalized spacial score (nSPS) is 11.4. The number of phenolic OH excluding ortho intramolecular Hbond substituents is 1. The number of hydrogen-bond acceptors (Lipinski definition) is 6. The summed E-state index contributed by atoms with van der Waals surface area (Å²) < 4.78 is 5.32. The van der Waals surface area contributed by atoms with Gasteiger partial charge in [-0.3, -0.25) is 9.59 Å². The molecule has 0 saturated heterocycles. The Morgan fingerprint density at radius 1 is 1.13 bits per heavy atom. The molecule has 1 aromatic heterocycles. The first kappa shape index (κ1) is 21.1. The quantitative estimate of drug-likeness (QED) is 0.556. The lowest BCUT2D eigenvalue weighted by molar-refractivity contribution is -0.119. The number of rotatable bonds is 5. The Balaban J connectivity index is 1.91. The fraction of sp³-hybridized carbons (Fsp3) is 0.261. The Morgan fingerprint density at radius 2 is 1.83 bits per heavy atom. The number of anilines is 1. The van der Waals surface area contributed by atoms with Gasteiger partial charge in [0.2, 0.25) is 0 Å². The number of amides is 1. The molecule has 30 heavy (non-hydrogen) atoms. The molecule has 0 aliphatic rings. The summed E-state index contributed by atoms with van der Waals surface area (Å²) >= 11 is 0. The zero-order chi connectivity index (χ0) is 22.1. The molecule has 1 heterocycles. The van der Waals surface area contributed by atoms with Crippen LogP contribution in [0.3, 0.4) is 0 Å².